The van der Waals surface area contributed by atoms with Crippen LogP contribution in [0.4, 0.5) is 0 Å². The molecule has 1 aliphatic carbocycles. The van der Waals surface area contributed by atoms with E-state index >= 15 is 0 Å². The van der Waals surface area contributed by atoms with Crippen molar-refractivity contribution in [1.29, 1.82) is 0 Å². The molecule has 1 heteroatoms. The summed E-state index contributed by atoms with van der Waals surface area (Å²) in [5.41, 5.74) is 2.88. The van der Waals surface area contributed by atoms with Gasteiger partial charge in [-0.05, 0) is 48.9 Å². The van der Waals surface area contributed by atoms with E-state index in [1.807, 2.05) is 19.9 Å². The third-order valence-corrected chi connectivity index (χ3v) is 2.50. The Hall–Kier alpha value is -0.980. The molecule has 0 aliphatic heterocycles. The summed E-state index contributed by atoms with van der Waals surface area (Å²) in [6, 6.07) is 6.35. The molecule has 0 unspecified atom stereocenters. The Kier molecular flexibility index (Phi) is 3.99. The normalized spacial score (nSPS) is 14.3. The van der Waals surface area contributed by atoms with Crippen LogP contribution in [0.1, 0.15) is 43.7 Å². The molecule has 0 amide bonds. The van der Waals surface area contributed by atoms with Crippen LogP contribution in [0.15, 0.2) is 18.2 Å². The molecule has 0 bridgehead atoms. The summed E-state index contributed by atoms with van der Waals surface area (Å²) in [4.78, 5) is 0. The predicted octanol–water partition coefficient (Wildman–Crippen LogP) is 3.91. The standard InChI is InChI=1S/C11H14O.C2H6/c1-8-3-6-10(12-2)7-11(8)9-4-5-9;1-2/h3,6-7,9H,4-5H2,1-2H3;1-2H3. The topological polar surface area (TPSA) is 9.23 Å². The van der Waals surface area contributed by atoms with Crippen LogP contribution in [-0.4, -0.2) is 7.11 Å². The Bertz CT molecular complexity index is 287. The van der Waals surface area contributed by atoms with Gasteiger partial charge in [-0.3, -0.25) is 0 Å². The van der Waals surface area contributed by atoms with Crippen LogP contribution in [0, 0.1) is 6.92 Å². The minimum atomic E-state index is 0.820. The summed E-state index contributed by atoms with van der Waals surface area (Å²) in [6.07, 6.45) is 2.71. The van der Waals surface area contributed by atoms with Crippen LogP contribution in [0.5, 0.6) is 5.75 Å². The molecule has 1 aromatic carbocycles. The zero-order chi connectivity index (χ0) is 10.6. The van der Waals surface area contributed by atoms with Crippen LogP contribution < -0.4 is 4.74 Å². The van der Waals surface area contributed by atoms with Crippen molar-refractivity contribution < 1.29 is 4.74 Å². The van der Waals surface area contributed by atoms with Gasteiger partial charge in [-0.1, -0.05) is 19.9 Å². The van der Waals surface area contributed by atoms with E-state index in [2.05, 4.69) is 19.1 Å². The molecule has 0 N–H and O–H groups in total. The molecule has 1 aliphatic rings. The van der Waals surface area contributed by atoms with E-state index in [0.29, 0.717) is 0 Å². The second kappa shape index (κ2) is 5.04. The van der Waals surface area contributed by atoms with Gasteiger partial charge >= 0.3 is 0 Å². The Balaban J connectivity index is 0.000000461. The number of ether oxygens (including phenoxy) is 1. The van der Waals surface area contributed by atoms with E-state index < -0.39 is 0 Å². The maximum Gasteiger partial charge on any atom is 0.119 e. The van der Waals surface area contributed by atoms with E-state index in [1.54, 1.807) is 7.11 Å². The molecule has 0 spiro atoms. The molecule has 14 heavy (non-hydrogen) atoms. The van der Waals surface area contributed by atoms with Crippen molar-refractivity contribution in [2.45, 2.75) is 39.5 Å². The fourth-order valence-corrected chi connectivity index (χ4v) is 1.58. The van der Waals surface area contributed by atoms with Crippen molar-refractivity contribution in [3.63, 3.8) is 0 Å². The third-order valence-electron chi connectivity index (χ3n) is 2.50. The summed E-state index contributed by atoms with van der Waals surface area (Å²) >= 11 is 0. The average molecular weight is 192 g/mol. The highest BCUT2D eigenvalue weighted by atomic mass is 16.5. The number of hydrogen-bond acceptors (Lipinski definition) is 1. The minimum absolute atomic E-state index is 0.820. The maximum atomic E-state index is 5.19. The lowest BCUT2D eigenvalue weighted by Gasteiger charge is -2.06. The van der Waals surface area contributed by atoms with Crippen molar-refractivity contribution in [2.24, 2.45) is 0 Å². The quantitative estimate of drug-likeness (QED) is 0.690. The molecule has 1 aromatic rings. The van der Waals surface area contributed by atoms with Crippen molar-refractivity contribution in [1.82, 2.24) is 0 Å². The Morgan fingerprint density at radius 3 is 2.36 bits per heavy atom. The van der Waals surface area contributed by atoms with Crippen LogP contribution in [0.2, 0.25) is 0 Å². The molecule has 0 heterocycles. The van der Waals surface area contributed by atoms with E-state index in [4.69, 9.17) is 4.74 Å². The molecule has 2 rings (SSSR count). The van der Waals surface area contributed by atoms with Gasteiger partial charge in [-0.15, -0.1) is 0 Å². The fraction of sp³-hybridized carbons (Fsp3) is 0.538. The molecule has 0 radical (unpaired) electrons. The Morgan fingerprint density at radius 1 is 1.21 bits per heavy atom. The lowest BCUT2D eigenvalue weighted by atomic mass is 10.0. The van der Waals surface area contributed by atoms with Crippen molar-refractivity contribution in [3.8, 4) is 5.75 Å². The highest BCUT2D eigenvalue weighted by Crippen LogP contribution is 2.42. The molecule has 1 fully saturated rings. The van der Waals surface area contributed by atoms with Crippen molar-refractivity contribution >= 4 is 0 Å². The van der Waals surface area contributed by atoms with Crippen LogP contribution >= 0.6 is 0 Å². The van der Waals surface area contributed by atoms with Crippen LogP contribution in [0.3, 0.4) is 0 Å². The SMILES string of the molecule is CC.COc1ccc(C)c(C2CC2)c1. The van der Waals surface area contributed by atoms with Crippen LogP contribution in [0.25, 0.3) is 0 Å². The first-order valence-corrected chi connectivity index (χ1v) is 5.46. The number of rotatable bonds is 2. The number of aryl methyl sites for hydroxylation is 1. The van der Waals surface area contributed by atoms with Gasteiger partial charge in [0.05, 0.1) is 7.11 Å². The smallest absolute Gasteiger partial charge is 0.119 e. The predicted molar refractivity (Wildman–Crippen MR) is 61.1 cm³/mol. The first kappa shape index (κ1) is 11.1. The first-order valence-electron chi connectivity index (χ1n) is 5.46. The second-order valence-electron chi connectivity index (χ2n) is 3.50. The fourth-order valence-electron chi connectivity index (χ4n) is 1.58. The summed E-state index contributed by atoms with van der Waals surface area (Å²) < 4.78 is 5.19. The number of hydrogen-bond donors (Lipinski definition) is 0. The minimum Gasteiger partial charge on any atom is -0.497 e. The molecule has 0 saturated heterocycles. The van der Waals surface area contributed by atoms with E-state index in [0.717, 1.165) is 11.7 Å². The maximum absolute atomic E-state index is 5.19. The second-order valence-corrected chi connectivity index (χ2v) is 3.50. The average Bonchev–Trinajstić information content (AvgIpc) is 3.05. The zero-order valence-corrected chi connectivity index (χ0v) is 9.63. The van der Waals surface area contributed by atoms with Gasteiger partial charge in [-0.25, -0.2) is 0 Å². The van der Waals surface area contributed by atoms with Gasteiger partial charge < -0.3 is 4.74 Å². The zero-order valence-electron chi connectivity index (χ0n) is 9.63. The van der Waals surface area contributed by atoms with Gasteiger partial charge in [0.2, 0.25) is 0 Å². The van der Waals surface area contributed by atoms with E-state index in [1.165, 1.54) is 24.0 Å². The number of methoxy groups -OCH3 is 1. The Labute approximate surface area is 87.1 Å². The molecule has 1 nitrogen and oxygen atoms in total. The molecular formula is C13H20O. The van der Waals surface area contributed by atoms with Gasteiger partial charge in [0.25, 0.3) is 0 Å². The van der Waals surface area contributed by atoms with Gasteiger partial charge in [-0.2, -0.15) is 0 Å². The van der Waals surface area contributed by atoms with Crippen molar-refractivity contribution in [3.05, 3.63) is 29.3 Å². The van der Waals surface area contributed by atoms with Crippen LogP contribution in [-0.2, 0) is 0 Å². The molecule has 0 aromatic heterocycles. The summed E-state index contributed by atoms with van der Waals surface area (Å²) in [5.74, 6) is 1.81. The molecule has 0 atom stereocenters. The number of benzene rings is 1. The highest BCUT2D eigenvalue weighted by Gasteiger charge is 2.25. The third kappa shape index (κ3) is 2.50. The summed E-state index contributed by atoms with van der Waals surface area (Å²) in [7, 11) is 1.72. The first-order chi connectivity index (χ1) is 6.81. The van der Waals surface area contributed by atoms with Gasteiger partial charge in [0.15, 0.2) is 0 Å². The van der Waals surface area contributed by atoms with Gasteiger partial charge in [0.1, 0.15) is 5.75 Å². The monoisotopic (exact) mass is 192 g/mol. The van der Waals surface area contributed by atoms with E-state index in [-0.39, 0.29) is 0 Å². The lowest BCUT2D eigenvalue weighted by Crippen LogP contribution is -1.88. The molecular weight excluding hydrogens is 172 g/mol. The lowest BCUT2D eigenvalue weighted by molar-refractivity contribution is 0.414. The molecule has 1 saturated carbocycles. The molecule has 78 valence electrons. The van der Waals surface area contributed by atoms with Gasteiger partial charge in [0, 0.05) is 0 Å². The van der Waals surface area contributed by atoms with E-state index in [9.17, 15) is 0 Å². The Morgan fingerprint density at radius 2 is 1.86 bits per heavy atom. The highest BCUT2D eigenvalue weighted by molar-refractivity contribution is 5.38. The summed E-state index contributed by atoms with van der Waals surface area (Å²) in [5, 5.41) is 0. The van der Waals surface area contributed by atoms with Crippen molar-refractivity contribution in [2.75, 3.05) is 7.11 Å². The summed E-state index contributed by atoms with van der Waals surface area (Å²) in [6.45, 7) is 6.17. The largest absolute Gasteiger partial charge is 0.497 e.